The molecule has 0 bridgehead atoms. The van der Waals surface area contributed by atoms with Gasteiger partial charge in [0.05, 0.1) is 5.69 Å². The molecule has 0 amide bonds. The lowest BCUT2D eigenvalue weighted by Gasteiger charge is -2.47. The Hall–Kier alpha value is -6.98. The second-order valence-corrected chi connectivity index (χ2v) is 25.8. The van der Waals surface area contributed by atoms with E-state index in [2.05, 4.69) is 231 Å². The Morgan fingerprint density at radius 2 is 1.07 bits per heavy atom. The van der Waals surface area contributed by atoms with E-state index in [1.165, 1.54) is 33.3 Å². The van der Waals surface area contributed by atoms with Crippen molar-refractivity contribution in [1.29, 1.82) is 0 Å². The van der Waals surface area contributed by atoms with Crippen molar-refractivity contribution in [3.8, 4) is 0 Å². The zero-order chi connectivity index (χ0) is 54.1. The Kier molecular flexibility index (Phi) is 9.26. The molecule has 74 heavy (non-hydrogen) atoms. The van der Waals surface area contributed by atoms with E-state index in [-0.39, 0.29) is 28.4 Å². The van der Waals surface area contributed by atoms with Crippen LogP contribution >= 0.6 is 0 Å². The summed E-state index contributed by atoms with van der Waals surface area (Å²) in [6, 6.07) is 55.1. The summed E-state index contributed by atoms with van der Waals surface area (Å²) in [7, 11) is 0. The lowest BCUT2D eigenvalue weighted by Crippen LogP contribution is -2.61. The van der Waals surface area contributed by atoms with Crippen LogP contribution in [0.2, 0.25) is 0 Å². The van der Waals surface area contributed by atoms with E-state index in [4.69, 9.17) is 4.42 Å². The highest BCUT2D eigenvalue weighted by atomic mass is 16.3. The smallest absolute Gasteiger partial charge is 0.252 e. The van der Waals surface area contributed by atoms with E-state index >= 15 is 0 Å². The standard InChI is InChI=1S/C69H70BN3O/c1-42-34-59-63-60(35-42)73(56-39-51-49(36-43(56)2)66(6,7)32-33-67(51,8)9)58-40-52-50(68(10,11)41-69(52,12)13)38-54(58)70(63)53-30-28-46(71(44-22-16-14-17-23-44)45-24-18-15-19-25-45)37-57(53)72(59)55-31-29-48-47-26-20-21-27-61(47)74-64(48)62(55)65(3,4)5/h14-31,34-40H,32-33,41H2,1-13H3/i1D3. The van der Waals surface area contributed by atoms with Crippen LogP contribution in [0.4, 0.5) is 51.2 Å². The molecule has 0 spiro atoms. The van der Waals surface area contributed by atoms with Gasteiger partial charge < -0.3 is 19.1 Å². The van der Waals surface area contributed by atoms with Crippen LogP contribution in [0.15, 0.2) is 156 Å². The first kappa shape index (κ1) is 43.4. The van der Waals surface area contributed by atoms with Gasteiger partial charge in [0.1, 0.15) is 11.2 Å². The second kappa shape index (κ2) is 15.8. The molecule has 9 aromatic rings. The highest BCUT2D eigenvalue weighted by Gasteiger charge is 2.49. The fraction of sp³-hybridized carbons (Fsp3) is 0.304. The number of benzene rings is 8. The second-order valence-electron chi connectivity index (χ2n) is 25.8. The molecule has 13 rings (SSSR count). The van der Waals surface area contributed by atoms with Gasteiger partial charge in [-0.1, -0.05) is 149 Å². The van der Waals surface area contributed by atoms with Gasteiger partial charge in [0.25, 0.3) is 6.71 Å². The summed E-state index contributed by atoms with van der Waals surface area (Å²) in [4.78, 5) is 7.24. The van der Waals surface area contributed by atoms with Gasteiger partial charge in [-0.3, -0.25) is 0 Å². The molecule has 5 heteroatoms. The maximum atomic E-state index is 9.39. The molecular weight excluding hydrogens is 898 g/mol. The monoisotopic (exact) mass is 971 g/mol. The number of rotatable bonds is 5. The number of hydrogen-bond donors (Lipinski definition) is 0. The van der Waals surface area contributed by atoms with Crippen molar-refractivity contribution in [2.75, 3.05) is 14.7 Å². The summed E-state index contributed by atoms with van der Waals surface area (Å²) in [5, 5.41) is 2.13. The highest BCUT2D eigenvalue weighted by Crippen LogP contribution is 2.56. The molecular formula is C69H70BN3O. The number of para-hydroxylation sites is 3. The molecule has 4 nitrogen and oxygen atoms in total. The third-order valence-electron chi connectivity index (χ3n) is 17.7. The van der Waals surface area contributed by atoms with Crippen LogP contribution < -0.4 is 31.1 Å². The zero-order valence-electron chi connectivity index (χ0n) is 48.4. The predicted molar refractivity (Wildman–Crippen MR) is 317 cm³/mol. The third kappa shape index (κ3) is 6.87. The van der Waals surface area contributed by atoms with Crippen LogP contribution in [0.3, 0.4) is 0 Å². The van der Waals surface area contributed by atoms with Gasteiger partial charge in [-0.05, 0) is 189 Å². The fourth-order valence-corrected chi connectivity index (χ4v) is 14.3. The van der Waals surface area contributed by atoms with Gasteiger partial charge in [0.2, 0.25) is 0 Å². The molecule has 0 saturated carbocycles. The van der Waals surface area contributed by atoms with Gasteiger partial charge >= 0.3 is 0 Å². The quantitative estimate of drug-likeness (QED) is 0.160. The number of hydrogen-bond acceptors (Lipinski definition) is 4. The number of furan rings is 1. The number of aryl methyl sites for hydroxylation is 2. The van der Waals surface area contributed by atoms with E-state index in [0.29, 0.717) is 5.56 Å². The summed E-state index contributed by atoms with van der Waals surface area (Å²) in [5.41, 5.74) is 21.7. The van der Waals surface area contributed by atoms with Crippen molar-refractivity contribution in [2.24, 2.45) is 0 Å². The molecule has 0 N–H and O–H groups in total. The van der Waals surface area contributed by atoms with Crippen molar-refractivity contribution in [3.63, 3.8) is 0 Å². The van der Waals surface area contributed by atoms with E-state index < -0.39 is 12.3 Å². The lowest BCUT2D eigenvalue weighted by atomic mass is 9.33. The van der Waals surface area contributed by atoms with Crippen molar-refractivity contribution < 1.29 is 8.53 Å². The molecule has 4 aliphatic rings. The Morgan fingerprint density at radius 3 is 1.70 bits per heavy atom. The Bertz CT molecular complexity index is 3880. The average Bonchev–Trinajstić information content (AvgIpc) is 3.99. The maximum Gasteiger partial charge on any atom is 0.252 e. The van der Waals surface area contributed by atoms with Gasteiger partial charge in [-0.2, -0.15) is 0 Å². The molecule has 2 aliphatic carbocycles. The van der Waals surface area contributed by atoms with Crippen molar-refractivity contribution in [3.05, 3.63) is 191 Å². The first-order valence-electron chi connectivity index (χ1n) is 28.5. The molecule has 8 aromatic carbocycles. The van der Waals surface area contributed by atoms with Crippen LogP contribution in [0, 0.1) is 13.8 Å². The van der Waals surface area contributed by atoms with Crippen molar-refractivity contribution in [1.82, 2.24) is 0 Å². The van der Waals surface area contributed by atoms with Gasteiger partial charge in [0, 0.05) is 65.9 Å². The van der Waals surface area contributed by atoms with Crippen LogP contribution in [0.1, 0.15) is 138 Å². The minimum absolute atomic E-state index is 0.0151. The van der Waals surface area contributed by atoms with Gasteiger partial charge in [-0.25, -0.2) is 0 Å². The normalized spacial score (nSPS) is 18.2. The summed E-state index contributed by atoms with van der Waals surface area (Å²) >= 11 is 0. The molecule has 0 unspecified atom stereocenters. The maximum absolute atomic E-state index is 9.39. The predicted octanol–water partition coefficient (Wildman–Crippen LogP) is 17.4. The zero-order valence-corrected chi connectivity index (χ0v) is 45.4. The average molecular weight is 971 g/mol. The number of anilines is 9. The molecule has 3 heterocycles. The van der Waals surface area contributed by atoms with Crippen LogP contribution in [-0.4, -0.2) is 6.71 Å². The molecule has 1 aromatic heterocycles. The molecule has 370 valence electrons. The summed E-state index contributed by atoms with van der Waals surface area (Å²) in [6.07, 6.45) is 3.22. The minimum atomic E-state index is -2.44. The minimum Gasteiger partial charge on any atom is -0.456 e. The first-order valence-corrected chi connectivity index (χ1v) is 27.0. The lowest BCUT2D eigenvalue weighted by molar-refractivity contribution is 0.332. The van der Waals surface area contributed by atoms with E-state index in [0.717, 1.165) is 109 Å². The van der Waals surface area contributed by atoms with Crippen molar-refractivity contribution in [2.45, 2.75) is 136 Å². The topological polar surface area (TPSA) is 22.9 Å². The van der Waals surface area contributed by atoms with E-state index in [1.54, 1.807) is 0 Å². The Labute approximate surface area is 444 Å². The molecule has 0 atom stereocenters. The van der Waals surface area contributed by atoms with Crippen LogP contribution in [-0.2, 0) is 27.1 Å². The number of fused-ring (bicyclic) bond motifs is 9. The molecule has 0 radical (unpaired) electrons. The highest BCUT2D eigenvalue weighted by molar-refractivity contribution is 7.00. The SMILES string of the molecule is [2H]C([2H])([2H])c1cc2c3c(c1)N(c1ccc4c(oc5ccccc54)c1C(C)(C)C)c1cc(N(c4ccccc4)c4ccccc4)ccc1B3c1cc3c(cc1N2c1cc2c(cc1C)C(C)(C)CCC2(C)C)C(C)(C)CC3(C)C. The third-order valence-corrected chi connectivity index (χ3v) is 17.7. The van der Waals surface area contributed by atoms with Gasteiger partial charge in [0.15, 0.2) is 0 Å². The molecule has 0 saturated heterocycles. The summed E-state index contributed by atoms with van der Waals surface area (Å²) in [5.74, 6) is 0. The number of nitrogens with zero attached hydrogens (tertiary/aromatic N) is 3. The van der Waals surface area contributed by atoms with Crippen LogP contribution in [0.5, 0.6) is 0 Å². The summed E-state index contributed by atoms with van der Waals surface area (Å²) < 4.78 is 35.2. The Balaban J connectivity index is 1.19. The van der Waals surface area contributed by atoms with Gasteiger partial charge in [-0.15, -0.1) is 0 Å². The van der Waals surface area contributed by atoms with Crippen LogP contribution in [0.25, 0.3) is 21.9 Å². The molecule has 0 fully saturated rings. The summed E-state index contributed by atoms with van der Waals surface area (Å²) in [6.45, 7) is 25.6. The molecule has 2 aliphatic heterocycles. The largest absolute Gasteiger partial charge is 0.456 e. The van der Waals surface area contributed by atoms with E-state index in [9.17, 15) is 4.11 Å². The fourth-order valence-electron chi connectivity index (χ4n) is 14.3. The van der Waals surface area contributed by atoms with E-state index in [1.807, 2.05) is 18.2 Å². The first-order chi connectivity index (χ1) is 36.3. The van der Waals surface area contributed by atoms with Crippen molar-refractivity contribution >= 4 is 96.2 Å². The Morgan fingerprint density at radius 1 is 0.514 bits per heavy atom.